The lowest BCUT2D eigenvalue weighted by molar-refractivity contribution is 0.315. The van der Waals surface area contributed by atoms with Crippen LogP contribution in [0.4, 0.5) is 0 Å². The molecule has 0 radical (unpaired) electrons. The first-order valence-electron chi connectivity index (χ1n) is 8.29. The van der Waals surface area contributed by atoms with E-state index in [9.17, 15) is 0 Å². The van der Waals surface area contributed by atoms with Crippen LogP contribution in [0.2, 0.25) is 0 Å². The predicted octanol–water partition coefficient (Wildman–Crippen LogP) is 5.82. The summed E-state index contributed by atoms with van der Waals surface area (Å²) in [4.78, 5) is 0. The van der Waals surface area contributed by atoms with Gasteiger partial charge in [0.2, 0.25) is 0 Å². The van der Waals surface area contributed by atoms with Crippen molar-refractivity contribution in [2.24, 2.45) is 11.8 Å². The van der Waals surface area contributed by atoms with Gasteiger partial charge in [-0.15, -0.1) is 0 Å². The van der Waals surface area contributed by atoms with Crippen LogP contribution in [0.5, 0.6) is 0 Å². The summed E-state index contributed by atoms with van der Waals surface area (Å²) in [5.74, 6) is 1.53. The van der Waals surface area contributed by atoms with Gasteiger partial charge in [0.25, 0.3) is 0 Å². The lowest BCUT2D eigenvalue weighted by Gasteiger charge is -2.27. The van der Waals surface area contributed by atoms with Crippen molar-refractivity contribution in [3.63, 3.8) is 0 Å². The molecule has 0 aliphatic heterocycles. The summed E-state index contributed by atoms with van der Waals surface area (Å²) in [6.07, 6.45) is 5.11. The summed E-state index contributed by atoms with van der Waals surface area (Å²) in [5.41, 5.74) is 1.65. The molecule has 0 amide bonds. The molecule has 0 bridgehead atoms. The van der Waals surface area contributed by atoms with Crippen molar-refractivity contribution in [2.75, 3.05) is 6.54 Å². The van der Waals surface area contributed by atoms with Gasteiger partial charge in [0.15, 0.2) is 0 Å². The topological polar surface area (TPSA) is 12.0 Å². The minimum Gasteiger partial charge on any atom is -0.312 e. The Morgan fingerprint density at radius 1 is 1.14 bits per heavy atom. The zero-order valence-corrected chi connectivity index (χ0v) is 16.0. The first-order valence-corrected chi connectivity index (χ1v) is 9.09. The van der Waals surface area contributed by atoms with Gasteiger partial charge >= 0.3 is 0 Å². The second-order valence-corrected chi connectivity index (χ2v) is 8.37. The Morgan fingerprint density at radius 3 is 2.29 bits per heavy atom. The number of nitrogens with one attached hydrogen (secondary N) is 1. The lowest BCUT2D eigenvalue weighted by Crippen LogP contribution is -2.40. The zero-order chi connectivity index (χ0) is 15.9. The smallest absolute Gasteiger partial charge is 0.0175 e. The molecule has 2 unspecified atom stereocenters. The molecular formula is C19H32BrN. The van der Waals surface area contributed by atoms with E-state index in [-0.39, 0.29) is 5.54 Å². The Hall–Kier alpha value is -0.340. The first kappa shape index (κ1) is 18.7. The number of benzene rings is 1. The summed E-state index contributed by atoms with van der Waals surface area (Å²) >= 11 is 3.52. The second-order valence-electron chi connectivity index (χ2n) is 7.46. The Kier molecular flexibility index (Phi) is 7.97. The molecule has 1 rings (SSSR count). The molecule has 0 saturated heterocycles. The number of halogens is 1. The van der Waals surface area contributed by atoms with E-state index in [2.05, 4.69) is 80.1 Å². The van der Waals surface area contributed by atoms with Crippen molar-refractivity contribution in [2.45, 2.75) is 65.8 Å². The van der Waals surface area contributed by atoms with Crippen LogP contribution >= 0.6 is 15.9 Å². The number of hydrogen-bond acceptors (Lipinski definition) is 1. The van der Waals surface area contributed by atoms with Crippen molar-refractivity contribution in [1.82, 2.24) is 5.32 Å². The molecule has 0 heterocycles. The second kappa shape index (κ2) is 8.95. The van der Waals surface area contributed by atoms with Gasteiger partial charge in [-0.2, -0.15) is 0 Å². The third-order valence-electron chi connectivity index (χ3n) is 3.88. The van der Waals surface area contributed by atoms with E-state index in [1.54, 1.807) is 0 Å². The normalized spacial score (nSPS) is 15.0. The van der Waals surface area contributed by atoms with Gasteiger partial charge in [0.1, 0.15) is 0 Å². The summed E-state index contributed by atoms with van der Waals surface area (Å²) in [6.45, 7) is 12.5. The molecule has 0 aliphatic rings. The van der Waals surface area contributed by atoms with Gasteiger partial charge < -0.3 is 5.32 Å². The predicted molar refractivity (Wildman–Crippen MR) is 97.8 cm³/mol. The fourth-order valence-corrected chi connectivity index (χ4v) is 3.09. The fraction of sp³-hybridized carbons (Fsp3) is 0.684. The molecule has 120 valence electrons. The van der Waals surface area contributed by atoms with Crippen LogP contribution in [0.1, 0.15) is 59.4 Å². The maximum Gasteiger partial charge on any atom is 0.0175 e. The zero-order valence-electron chi connectivity index (χ0n) is 14.4. The van der Waals surface area contributed by atoms with Crippen molar-refractivity contribution < 1.29 is 0 Å². The van der Waals surface area contributed by atoms with Gasteiger partial charge in [-0.25, -0.2) is 0 Å². The van der Waals surface area contributed by atoms with E-state index in [1.807, 2.05) is 0 Å². The summed E-state index contributed by atoms with van der Waals surface area (Å²) < 4.78 is 1.16. The van der Waals surface area contributed by atoms with Crippen molar-refractivity contribution >= 4 is 15.9 Å². The van der Waals surface area contributed by atoms with Crippen LogP contribution in [-0.4, -0.2) is 12.1 Å². The maximum absolute atomic E-state index is 3.69. The van der Waals surface area contributed by atoms with Gasteiger partial charge in [0.05, 0.1) is 0 Å². The van der Waals surface area contributed by atoms with E-state index in [0.717, 1.165) is 16.9 Å². The number of hydrogen-bond donors (Lipinski definition) is 1. The summed E-state index contributed by atoms with van der Waals surface area (Å²) in [7, 11) is 0. The van der Waals surface area contributed by atoms with Crippen LogP contribution in [0.15, 0.2) is 28.7 Å². The average Bonchev–Trinajstić information content (AvgIpc) is 2.38. The standard InChI is InChI=1S/C19H32BrN/c1-6-7-15(2)12-17(14-21-19(3,4)5)13-16-8-10-18(20)11-9-16/h8-11,15,17,21H,6-7,12-14H2,1-5H3. The molecule has 1 nitrogen and oxygen atoms in total. The minimum absolute atomic E-state index is 0.200. The van der Waals surface area contributed by atoms with Crippen LogP contribution in [0, 0.1) is 11.8 Å². The Bertz CT molecular complexity index is 391. The van der Waals surface area contributed by atoms with E-state index in [4.69, 9.17) is 0 Å². The Morgan fingerprint density at radius 2 is 1.76 bits per heavy atom. The summed E-state index contributed by atoms with van der Waals surface area (Å²) in [6, 6.07) is 8.80. The van der Waals surface area contributed by atoms with Crippen molar-refractivity contribution in [3.8, 4) is 0 Å². The highest BCUT2D eigenvalue weighted by molar-refractivity contribution is 9.10. The van der Waals surface area contributed by atoms with Gasteiger partial charge in [-0.3, -0.25) is 0 Å². The van der Waals surface area contributed by atoms with E-state index < -0.39 is 0 Å². The molecule has 1 N–H and O–H groups in total. The molecule has 0 aliphatic carbocycles. The van der Waals surface area contributed by atoms with Crippen LogP contribution in [0.3, 0.4) is 0 Å². The third kappa shape index (κ3) is 8.63. The SMILES string of the molecule is CCCC(C)CC(CNC(C)(C)C)Cc1ccc(Br)cc1. The quantitative estimate of drug-likeness (QED) is 0.620. The molecular weight excluding hydrogens is 322 g/mol. The van der Waals surface area contributed by atoms with Crippen LogP contribution < -0.4 is 5.32 Å². The van der Waals surface area contributed by atoms with E-state index in [1.165, 1.54) is 31.2 Å². The highest BCUT2D eigenvalue weighted by Gasteiger charge is 2.17. The molecule has 2 atom stereocenters. The van der Waals surface area contributed by atoms with E-state index >= 15 is 0 Å². The van der Waals surface area contributed by atoms with Crippen molar-refractivity contribution in [1.29, 1.82) is 0 Å². The van der Waals surface area contributed by atoms with Gasteiger partial charge in [-0.05, 0) is 69.7 Å². The van der Waals surface area contributed by atoms with Crippen molar-refractivity contribution in [3.05, 3.63) is 34.3 Å². The third-order valence-corrected chi connectivity index (χ3v) is 4.40. The lowest BCUT2D eigenvalue weighted by atomic mass is 9.87. The molecule has 1 aromatic carbocycles. The average molecular weight is 354 g/mol. The molecule has 0 fully saturated rings. The largest absolute Gasteiger partial charge is 0.312 e. The molecule has 0 aromatic heterocycles. The van der Waals surface area contributed by atoms with Crippen LogP contribution in [0.25, 0.3) is 0 Å². The minimum atomic E-state index is 0.200. The highest BCUT2D eigenvalue weighted by Crippen LogP contribution is 2.22. The molecule has 0 spiro atoms. The number of rotatable bonds is 8. The highest BCUT2D eigenvalue weighted by atomic mass is 79.9. The molecule has 1 aromatic rings. The van der Waals surface area contributed by atoms with Gasteiger partial charge in [0, 0.05) is 10.0 Å². The Balaban J connectivity index is 2.63. The summed E-state index contributed by atoms with van der Waals surface area (Å²) in [5, 5.41) is 3.69. The molecule has 0 saturated carbocycles. The Labute approximate surface area is 140 Å². The molecule has 2 heteroatoms. The maximum atomic E-state index is 3.69. The fourth-order valence-electron chi connectivity index (χ4n) is 2.82. The first-order chi connectivity index (χ1) is 9.80. The van der Waals surface area contributed by atoms with E-state index in [0.29, 0.717) is 5.92 Å². The monoisotopic (exact) mass is 353 g/mol. The van der Waals surface area contributed by atoms with Crippen LogP contribution in [-0.2, 0) is 6.42 Å². The van der Waals surface area contributed by atoms with Gasteiger partial charge in [-0.1, -0.05) is 54.8 Å². The molecule has 21 heavy (non-hydrogen) atoms.